The Bertz CT molecular complexity index is 715. The van der Waals surface area contributed by atoms with E-state index < -0.39 is 0 Å². The number of benzene rings is 2. The average Bonchev–Trinajstić information content (AvgIpc) is 2.58. The lowest BCUT2D eigenvalue weighted by Gasteiger charge is -2.07. The highest BCUT2D eigenvalue weighted by Gasteiger charge is 2.05. The first-order valence-electron chi connectivity index (χ1n) is 7.62. The van der Waals surface area contributed by atoms with Gasteiger partial charge in [-0.1, -0.05) is 15.9 Å². The van der Waals surface area contributed by atoms with E-state index in [9.17, 15) is 4.79 Å². The Kier molecular flexibility index (Phi) is 6.81. The smallest absolute Gasteiger partial charge is 0.271 e. The molecule has 0 fully saturated rings. The average molecular weight is 391 g/mol. The van der Waals surface area contributed by atoms with Crippen molar-refractivity contribution >= 4 is 28.1 Å². The van der Waals surface area contributed by atoms with E-state index in [1.165, 1.54) is 0 Å². The second-order valence-electron chi connectivity index (χ2n) is 4.77. The van der Waals surface area contributed by atoms with E-state index in [2.05, 4.69) is 26.5 Å². The second-order valence-corrected chi connectivity index (χ2v) is 5.69. The molecule has 0 aliphatic carbocycles. The van der Waals surface area contributed by atoms with Gasteiger partial charge in [-0.05, 0) is 56.3 Å². The molecule has 24 heavy (non-hydrogen) atoms. The van der Waals surface area contributed by atoms with Gasteiger partial charge in [-0.3, -0.25) is 4.79 Å². The number of nitrogens with one attached hydrogen (secondary N) is 1. The summed E-state index contributed by atoms with van der Waals surface area (Å²) in [5, 5.41) is 4.00. The van der Waals surface area contributed by atoms with E-state index in [4.69, 9.17) is 9.47 Å². The van der Waals surface area contributed by atoms with Crippen LogP contribution in [-0.4, -0.2) is 25.3 Å². The Labute approximate surface area is 149 Å². The van der Waals surface area contributed by atoms with Crippen LogP contribution in [0.2, 0.25) is 0 Å². The Morgan fingerprint density at radius 2 is 1.83 bits per heavy atom. The summed E-state index contributed by atoms with van der Waals surface area (Å²) in [5.41, 5.74) is 3.79. The zero-order valence-electron chi connectivity index (χ0n) is 13.6. The number of hydrogen-bond donors (Lipinski definition) is 1. The second kappa shape index (κ2) is 9.08. The van der Waals surface area contributed by atoms with Crippen molar-refractivity contribution in [1.82, 2.24) is 5.43 Å². The van der Waals surface area contributed by atoms with Gasteiger partial charge in [0.15, 0.2) is 0 Å². The molecule has 1 N–H and O–H groups in total. The summed E-state index contributed by atoms with van der Waals surface area (Å²) in [6, 6.07) is 12.5. The maximum atomic E-state index is 12.1. The molecule has 0 spiro atoms. The third-order valence-electron chi connectivity index (χ3n) is 3.07. The quantitative estimate of drug-likeness (QED) is 0.573. The van der Waals surface area contributed by atoms with Gasteiger partial charge in [-0.25, -0.2) is 5.43 Å². The summed E-state index contributed by atoms with van der Waals surface area (Å²) in [4.78, 5) is 12.1. The SMILES string of the molecule is CCOc1ccc(C(=O)N/N=C\c2cc(Br)ccc2OCC)cc1. The fraction of sp³-hybridized carbons (Fsp3) is 0.222. The number of hydrazone groups is 1. The number of halogens is 1. The van der Waals surface area contributed by atoms with E-state index >= 15 is 0 Å². The maximum absolute atomic E-state index is 12.1. The number of rotatable bonds is 7. The summed E-state index contributed by atoms with van der Waals surface area (Å²) in [6.45, 7) is 4.97. The van der Waals surface area contributed by atoms with Gasteiger partial charge in [-0.15, -0.1) is 0 Å². The van der Waals surface area contributed by atoms with Crippen LogP contribution < -0.4 is 14.9 Å². The van der Waals surface area contributed by atoms with Crippen LogP contribution in [0.5, 0.6) is 11.5 Å². The lowest BCUT2D eigenvalue weighted by Crippen LogP contribution is -2.17. The van der Waals surface area contributed by atoms with Gasteiger partial charge in [0.05, 0.1) is 19.4 Å². The van der Waals surface area contributed by atoms with E-state index in [1.54, 1.807) is 30.5 Å². The molecule has 0 saturated heterocycles. The Balaban J connectivity index is 2.03. The molecule has 0 bridgehead atoms. The van der Waals surface area contributed by atoms with Crippen molar-refractivity contribution in [2.45, 2.75) is 13.8 Å². The number of nitrogens with zero attached hydrogens (tertiary/aromatic N) is 1. The number of carbonyl (C=O) groups is 1. The van der Waals surface area contributed by atoms with Crippen molar-refractivity contribution in [2.75, 3.05) is 13.2 Å². The molecule has 6 heteroatoms. The number of hydrogen-bond acceptors (Lipinski definition) is 4. The highest BCUT2D eigenvalue weighted by Crippen LogP contribution is 2.21. The Hall–Kier alpha value is -2.34. The molecule has 2 aromatic rings. The van der Waals surface area contributed by atoms with Crippen LogP contribution in [0.25, 0.3) is 0 Å². The summed E-state index contributed by atoms with van der Waals surface area (Å²) >= 11 is 3.41. The maximum Gasteiger partial charge on any atom is 0.271 e. The molecule has 0 saturated carbocycles. The molecule has 0 aromatic heterocycles. The topological polar surface area (TPSA) is 59.9 Å². The molecular formula is C18H19BrN2O3. The first-order chi connectivity index (χ1) is 11.6. The minimum atomic E-state index is -0.290. The molecule has 126 valence electrons. The molecule has 0 aliphatic heterocycles. The standard InChI is InChI=1S/C18H19BrN2O3/c1-3-23-16-8-5-13(6-9-16)18(22)21-20-12-14-11-15(19)7-10-17(14)24-4-2/h5-12H,3-4H2,1-2H3,(H,21,22)/b20-12-. The van der Waals surface area contributed by atoms with Gasteiger partial charge in [0.25, 0.3) is 5.91 Å². The van der Waals surface area contributed by atoms with E-state index in [0.29, 0.717) is 24.5 Å². The first-order valence-corrected chi connectivity index (χ1v) is 8.42. The zero-order chi connectivity index (χ0) is 17.4. The lowest BCUT2D eigenvalue weighted by molar-refractivity contribution is 0.0955. The highest BCUT2D eigenvalue weighted by atomic mass is 79.9. The molecule has 0 heterocycles. The Morgan fingerprint density at radius 3 is 2.50 bits per heavy atom. The monoisotopic (exact) mass is 390 g/mol. The fourth-order valence-corrected chi connectivity index (χ4v) is 2.38. The van der Waals surface area contributed by atoms with Crippen LogP contribution in [0, 0.1) is 0 Å². The minimum absolute atomic E-state index is 0.290. The van der Waals surface area contributed by atoms with Crippen molar-refractivity contribution in [1.29, 1.82) is 0 Å². The summed E-state index contributed by atoms with van der Waals surface area (Å²) in [6.07, 6.45) is 1.56. The van der Waals surface area contributed by atoms with Gasteiger partial charge >= 0.3 is 0 Å². The van der Waals surface area contributed by atoms with Gasteiger partial charge in [0, 0.05) is 15.6 Å². The van der Waals surface area contributed by atoms with Crippen LogP contribution in [-0.2, 0) is 0 Å². The van der Waals surface area contributed by atoms with Gasteiger partial charge in [0.2, 0.25) is 0 Å². The van der Waals surface area contributed by atoms with Gasteiger partial charge in [-0.2, -0.15) is 5.10 Å². The lowest BCUT2D eigenvalue weighted by atomic mass is 10.2. The first kappa shape index (κ1) is 18.0. The van der Waals surface area contributed by atoms with Gasteiger partial charge < -0.3 is 9.47 Å². The van der Waals surface area contributed by atoms with E-state index in [1.807, 2.05) is 32.0 Å². The predicted molar refractivity (Wildman–Crippen MR) is 98.0 cm³/mol. The molecule has 1 amide bonds. The molecule has 5 nitrogen and oxygen atoms in total. The molecule has 0 radical (unpaired) electrons. The summed E-state index contributed by atoms with van der Waals surface area (Å²) < 4.78 is 11.8. The minimum Gasteiger partial charge on any atom is -0.494 e. The summed E-state index contributed by atoms with van der Waals surface area (Å²) in [7, 11) is 0. The Morgan fingerprint density at radius 1 is 1.12 bits per heavy atom. The third kappa shape index (κ3) is 5.09. The number of ether oxygens (including phenoxy) is 2. The molecule has 2 rings (SSSR count). The molecular weight excluding hydrogens is 372 g/mol. The van der Waals surface area contributed by atoms with Crippen LogP contribution in [0.4, 0.5) is 0 Å². The van der Waals surface area contributed by atoms with Crippen molar-refractivity contribution in [2.24, 2.45) is 5.10 Å². The number of carbonyl (C=O) groups excluding carboxylic acids is 1. The van der Waals surface area contributed by atoms with Crippen LogP contribution in [0.15, 0.2) is 52.0 Å². The van der Waals surface area contributed by atoms with Crippen LogP contribution in [0.1, 0.15) is 29.8 Å². The van der Waals surface area contributed by atoms with Crippen LogP contribution >= 0.6 is 15.9 Å². The predicted octanol–water partition coefficient (Wildman–Crippen LogP) is 4.01. The zero-order valence-corrected chi connectivity index (χ0v) is 15.2. The van der Waals surface area contributed by atoms with Gasteiger partial charge in [0.1, 0.15) is 11.5 Å². The molecule has 0 atom stereocenters. The van der Waals surface area contributed by atoms with Crippen molar-refractivity contribution in [3.05, 3.63) is 58.1 Å². The van der Waals surface area contributed by atoms with E-state index in [0.717, 1.165) is 15.8 Å². The molecule has 0 aliphatic rings. The third-order valence-corrected chi connectivity index (χ3v) is 3.56. The number of amides is 1. The van der Waals surface area contributed by atoms with Crippen molar-refractivity contribution in [3.8, 4) is 11.5 Å². The highest BCUT2D eigenvalue weighted by molar-refractivity contribution is 9.10. The largest absolute Gasteiger partial charge is 0.494 e. The fourth-order valence-electron chi connectivity index (χ4n) is 2.00. The van der Waals surface area contributed by atoms with Crippen molar-refractivity contribution < 1.29 is 14.3 Å². The normalized spacial score (nSPS) is 10.6. The molecule has 0 unspecified atom stereocenters. The van der Waals surface area contributed by atoms with Crippen LogP contribution in [0.3, 0.4) is 0 Å². The van der Waals surface area contributed by atoms with E-state index in [-0.39, 0.29) is 5.91 Å². The summed E-state index contributed by atoms with van der Waals surface area (Å²) in [5.74, 6) is 1.15. The molecule has 2 aromatic carbocycles. The van der Waals surface area contributed by atoms with Crippen molar-refractivity contribution in [3.63, 3.8) is 0 Å².